The van der Waals surface area contributed by atoms with Crippen molar-refractivity contribution in [3.63, 3.8) is 0 Å². The molecule has 0 aromatic carbocycles. The molecule has 146 valence electrons. The summed E-state index contributed by atoms with van der Waals surface area (Å²) in [7, 11) is -2.58. The summed E-state index contributed by atoms with van der Waals surface area (Å²) in [4.78, 5) is 15.3. The van der Waals surface area contributed by atoms with Gasteiger partial charge in [0.2, 0.25) is 0 Å². The molecule has 0 spiro atoms. The highest BCUT2D eigenvalue weighted by Gasteiger charge is 2.42. The number of carbonyl (C=O) groups excluding carboxylic acids is 1. The number of hydrogen-bond acceptors (Lipinski definition) is 4. The molecule has 1 saturated heterocycles. The number of hydrogen-bond donors (Lipinski definition) is 0. The van der Waals surface area contributed by atoms with E-state index in [1.807, 2.05) is 4.90 Å². The van der Waals surface area contributed by atoms with Gasteiger partial charge in [-0.2, -0.15) is 8.42 Å². The average Bonchev–Trinajstić information content (AvgIpc) is 3.19. The van der Waals surface area contributed by atoms with Crippen LogP contribution in [0, 0.1) is 11.8 Å². The van der Waals surface area contributed by atoms with E-state index in [1.165, 1.54) is 25.8 Å². The van der Waals surface area contributed by atoms with E-state index in [0.29, 0.717) is 24.1 Å². The molecule has 7 nitrogen and oxygen atoms in total. The van der Waals surface area contributed by atoms with Gasteiger partial charge in [0.25, 0.3) is 5.91 Å². The normalized spacial score (nSPS) is 30.4. The van der Waals surface area contributed by atoms with Gasteiger partial charge in [-0.05, 0) is 49.3 Å². The van der Waals surface area contributed by atoms with Gasteiger partial charge in [-0.15, -0.1) is 4.40 Å². The molecule has 1 aromatic rings. The Bertz CT molecular complexity index is 888. The average molecular weight is 391 g/mol. The Morgan fingerprint density at radius 3 is 2.78 bits per heavy atom. The first-order valence-electron chi connectivity index (χ1n) is 9.54. The van der Waals surface area contributed by atoms with E-state index < -0.39 is 10.2 Å². The van der Waals surface area contributed by atoms with Gasteiger partial charge in [0, 0.05) is 19.6 Å². The molecule has 0 radical (unpaired) electrons. The van der Waals surface area contributed by atoms with Crippen molar-refractivity contribution in [2.45, 2.75) is 45.1 Å². The number of furan rings is 1. The largest absolute Gasteiger partial charge is 0.463 e. The molecule has 3 heterocycles. The Balaban J connectivity index is 1.68. The first-order chi connectivity index (χ1) is 12.9. The molecule has 1 amide bonds. The number of nitrogens with zero attached hydrogens (tertiary/aromatic N) is 3. The summed E-state index contributed by atoms with van der Waals surface area (Å²) >= 11 is 0. The van der Waals surface area contributed by atoms with Crippen LogP contribution in [0.3, 0.4) is 0 Å². The summed E-state index contributed by atoms with van der Waals surface area (Å²) in [6, 6.07) is 3.49. The summed E-state index contributed by atoms with van der Waals surface area (Å²) < 4.78 is 35.1. The molecular formula is C19H25N3O4S. The lowest BCUT2D eigenvalue weighted by Crippen LogP contribution is -2.54. The molecule has 2 fully saturated rings. The number of amides is 1. The van der Waals surface area contributed by atoms with Crippen molar-refractivity contribution in [1.82, 2.24) is 9.21 Å². The molecule has 0 bridgehead atoms. The van der Waals surface area contributed by atoms with Crippen LogP contribution in [0.2, 0.25) is 0 Å². The molecule has 1 aromatic heterocycles. The van der Waals surface area contributed by atoms with Crippen molar-refractivity contribution in [2.24, 2.45) is 16.2 Å². The second kappa shape index (κ2) is 6.82. The predicted molar refractivity (Wildman–Crippen MR) is 101 cm³/mol. The molecule has 1 saturated carbocycles. The first kappa shape index (κ1) is 18.3. The maximum Gasteiger partial charge on any atom is 0.345 e. The van der Waals surface area contributed by atoms with Crippen LogP contribution in [0.5, 0.6) is 0 Å². The minimum atomic E-state index is -3.96. The number of rotatable bonds is 2. The van der Waals surface area contributed by atoms with Gasteiger partial charge in [-0.3, -0.25) is 4.79 Å². The zero-order chi connectivity index (χ0) is 19.2. The highest BCUT2D eigenvalue weighted by Crippen LogP contribution is 2.39. The zero-order valence-electron chi connectivity index (χ0n) is 15.7. The molecule has 1 aliphatic carbocycles. The van der Waals surface area contributed by atoms with E-state index >= 15 is 0 Å². The minimum absolute atomic E-state index is 0.135. The van der Waals surface area contributed by atoms with Crippen LogP contribution in [-0.2, 0) is 15.0 Å². The SMILES string of the molecule is C[C@@H]1CCN(C(=O)C2=CC(c3ccco3)=NS(=O)(=O)N2C)[C@@H]2CCCC[C@@H]12. The van der Waals surface area contributed by atoms with Gasteiger partial charge in [0.05, 0.1) is 6.26 Å². The van der Waals surface area contributed by atoms with E-state index in [2.05, 4.69) is 11.3 Å². The van der Waals surface area contributed by atoms with E-state index in [4.69, 9.17) is 4.42 Å². The second-order valence-corrected chi connectivity index (χ2v) is 9.33. The quantitative estimate of drug-likeness (QED) is 0.776. The molecule has 8 heteroatoms. The Kier molecular flexibility index (Phi) is 4.61. The van der Waals surface area contributed by atoms with Gasteiger partial charge in [-0.1, -0.05) is 19.8 Å². The standard InChI is InChI=1S/C19H25N3O4S/c1-13-9-10-22(16-7-4-3-6-14(13)16)19(23)17-12-15(18-8-5-11-26-18)20-27(24,25)21(17)2/h5,8,11-14,16H,3-4,6-7,9-10H2,1-2H3/t13-,14+,16-/m1/s1. The Morgan fingerprint density at radius 1 is 1.26 bits per heavy atom. The number of allylic oxidation sites excluding steroid dienone is 1. The lowest BCUT2D eigenvalue weighted by Gasteiger charge is -2.47. The minimum Gasteiger partial charge on any atom is -0.463 e. The number of likely N-dealkylation sites (tertiary alicyclic amines) is 1. The topological polar surface area (TPSA) is 83.2 Å². The van der Waals surface area contributed by atoms with Crippen molar-refractivity contribution in [2.75, 3.05) is 13.6 Å². The molecule has 0 N–H and O–H groups in total. The van der Waals surface area contributed by atoms with Gasteiger partial charge < -0.3 is 9.32 Å². The summed E-state index contributed by atoms with van der Waals surface area (Å²) in [6.07, 6.45) is 8.39. The van der Waals surface area contributed by atoms with Crippen LogP contribution in [0.15, 0.2) is 39.0 Å². The lowest BCUT2D eigenvalue weighted by molar-refractivity contribution is -0.135. The summed E-state index contributed by atoms with van der Waals surface area (Å²) in [6.45, 7) is 2.93. The fourth-order valence-corrected chi connectivity index (χ4v) is 5.50. The molecule has 27 heavy (non-hydrogen) atoms. The Hall–Kier alpha value is -2.09. The smallest absolute Gasteiger partial charge is 0.345 e. The number of piperidine rings is 1. The number of likely N-dealkylation sites (N-methyl/N-ethyl adjacent to an activating group) is 1. The van der Waals surface area contributed by atoms with Crippen LogP contribution in [0.4, 0.5) is 0 Å². The Morgan fingerprint density at radius 2 is 2.04 bits per heavy atom. The zero-order valence-corrected chi connectivity index (χ0v) is 16.5. The molecule has 4 rings (SSSR count). The van der Waals surface area contributed by atoms with Crippen LogP contribution < -0.4 is 0 Å². The highest BCUT2D eigenvalue weighted by molar-refractivity contribution is 7.88. The molecule has 3 aliphatic rings. The number of carbonyl (C=O) groups is 1. The van der Waals surface area contributed by atoms with Gasteiger partial charge in [0.15, 0.2) is 5.76 Å². The second-order valence-electron chi connectivity index (χ2n) is 7.71. The maximum absolute atomic E-state index is 13.4. The monoisotopic (exact) mass is 391 g/mol. The van der Waals surface area contributed by atoms with E-state index in [-0.39, 0.29) is 23.4 Å². The maximum atomic E-state index is 13.4. The summed E-state index contributed by atoms with van der Waals surface area (Å²) in [5.41, 5.74) is 0.294. The van der Waals surface area contributed by atoms with Crippen LogP contribution in [-0.4, -0.2) is 48.9 Å². The van der Waals surface area contributed by atoms with Gasteiger partial charge in [0.1, 0.15) is 11.4 Å². The van der Waals surface area contributed by atoms with Crippen molar-refractivity contribution in [3.05, 3.63) is 35.9 Å². The third kappa shape index (κ3) is 3.20. The van der Waals surface area contributed by atoms with E-state index in [9.17, 15) is 13.2 Å². The Labute approximate surface area is 159 Å². The third-order valence-electron chi connectivity index (χ3n) is 6.16. The van der Waals surface area contributed by atoms with E-state index in [1.54, 1.807) is 12.1 Å². The third-order valence-corrected chi connectivity index (χ3v) is 7.48. The van der Waals surface area contributed by atoms with Gasteiger partial charge in [-0.25, -0.2) is 4.31 Å². The molecule has 2 aliphatic heterocycles. The van der Waals surface area contributed by atoms with Crippen molar-refractivity contribution < 1.29 is 17.6 Å². The molecule has 0 unspecified atom stereocenters. The van der Waals surface area contributed by atoms with Crippen LogP contribution in [0.1, 0.15) is 44.8 Å². The molecular weight excluding hydrogens is 366 g/mol. The lowest BCUT2D eigenvalue weighted by atomic mass is 9.72. The van der Waals surface area contributed by atoms with Gasteiger partial charge >= 0.3 is 10.2 Å². The predicted octanol–water partition coefficient (Wildman–Crippen LogP) is 2.57. The van der Waals surface area contributed by atoms with Crippen molar-refractivity contribution >= 4 is 21.8 Å². The van der Waals surface area contributed by atoms with Crippen molar-refractivity contribution in [1.29, 1.82) is 0 Å². The van der Waals surface area contributed by atoms with Crippen LogP contribution >= 0.6 is 0 Å². The fourth-order valence-electron chi connectivity index (χ4n) is 4.61. The highest BCUT2D eigenvalue weighted by atomic mass is 32.2. The number of fused-ring (bicyclic) bond motifs is 1. The van der Waals surface area contributed by atoms with E-state index in [0.717, 1.165) is 30.0 Å². The summed E-state index contributed by atoms with van der Waals surface area (Å²) in [5, 5.41) is 0. The van der Waals surface area contributed by atoms with Crippen molar-refractivity contribution in [3.8, 4) is 0 Å². The summed E-state index contributed by atoms with van der Waals surface area (Å²) in [5.74, 6) is 1.20. The molecule has 3 atom stereocenters. The fraction of sp³-hybridized carbons (Fsp3) is 0.579. The van der Waals surface area contributed by atoms with Crippen LogP contribution in [0.25, 0.3) is 0 Å². The first-order valence-corrected chi connectivity index (χ1v) is 10.9.